The highest BCUT2D eigenvalue weighted by atomic mass is 35.5. The van der Waals surface area contributed by atoms with E-state index in [-0.39, 0.29) is 32.5 Å². The zero-order valence-corrected chi connectivity index (χ0v) is 16.6. The zero-order valence-electron chi connectivity index (χ0n) is 15.0. The van der Waals surface area contributed by atoms with Crippen molar-refractivity contribution in [3.8, 4) is 5.82 Å². The van der Waals surface area contributed by atoms with E-state index in [1.807, 2.05) is 0 Å². The quantitative estimate of drug-likeness (QED) is 0.627. The number of nitrogens with zero attached hydrogens (tertiary/aromatic N) is 5. The molecule has 3 aromatic rings. The van der Waals surface area contributed by atoms with Gasteiger partial charge in [-0.05, 0) is 18.2 Å². The van der Waals surface area contributed by atoms with Crippen LogP contribution in [0.4, 0.5) is 19.0 Å². The van der Waals surface area contributed by atoms with Crippen molar-refractivity contribution in [2.45, 2.75) is 18.0 Å². The number of anilines is 1. The summed E-state index contributed by atoms with van der Waals surface area (Å²) in [5, 5.41) is 4.12. The molecule has 28 heavy (non-hydrogen) atoms. The Labute approximate surface area is 163 Å². The van der Waals surface area contributed by atoms with Crippen molar-refractivity contribution in [3.05, 3.63) is 35.2 Å². The van der Waals surface area contributed by atoms with Crippen LogP contribution in [-0.2, 0) is 16.0 Å². The van der Waals surface area contributed by atoms with Gasteiger partial charge in [-0.25, -0.2) is 18.1 Å². The Bertz CT molecular complexity index is 1160. The van der Waals surface area contributed by atoms with Gasteiger partial charge in [0.15, 0.2) is 15.7 Å². The summed E-state index contributed by atoms with van der Waals surface area (Å²) in [6, 6.07) is 3.65. The van der Waals surface area contributed by atoms with Crippen LogP contribution < -0.4 is 4.90 Å². The fraction of sp³-hybridized carbons (Fsp3) is 0.312. The van der Waals surface area contributed by atoms with E-state index in [1.54, 1.807) is 19.0 Å². The van der Waals surface area contributed by atoms with Crippen LogP contribution in [0.25, 0.3) is 16.7 Å². The summed E-state index contributed by atoms with van der Waals surface area (Å²) >= 11 is 6.29. The molecule has 0 spiro atoms. The number of hydrogen-bond acceptors (Lipinski definition) is 6. The number of rotatable bonds is 4. The van der Waals surface area contributed by atoms with E-state index in [1.165, 1.54) is 19.1 Å². The predicted octanol–water partition coefficient (Wildman–Crippen LogP) is 3.35. The number of sulfone groups is 1. The Balaban J connectivity index is 2.32. The molecule has 7 nitrogen and oxygen atoms in total. The molecule has 0 N–H and O–H groups in total. The summed E-state index contributed by atoms with van der Waals surface area (Å²) in [5.74, 6) is 0.138. The lowest BCUT2D eigenvalue weighted by Crippen LogP contribution is -2.16. The van der Waals surface area contributed by atoms with E-state index in [4.69, 9.17) is 11.6 Å². The summed E-state index contributed by atoms with van der Waals surface area (Å²) in [7, 11) is -0.283. The number of aromatic nitrogens is 4. The Morgan fingerprint density at radius 2 is 1.93 bits per heavy atom. The third-order valence-electron chi connectivity index (χ3n) is 3.99. The predicted molar refractivity (Wildman–Crippen MR) is 98.7 cm³/mol. The molecule has 3 heterocycles. The van der Waals surface area contributed by atoms with Gasteiger partial charge in [-0.2, -0.15) is 18.3 Å². The third kappa shape index (κ3) is 3.51. The second kappa shape index (κ2) is 6.89. The molecule has 0 radical (unpaired) electrons. The van der Waals surface area contributed by atoms with Gasteiger partial charge in [-0.15, -0.1) is 0 Å². The maximum Gasteiger partial charge on any atom is 0.433 e. The number of pyridine rings is 2. The topological polar surface area (TPSA) is 81.0 Å². The highest BCUT2D eigenvalue weighted by Crippen LogP contribution is 2.33. The monoisotopic (exact) mass is 433 g/mol. The van der Waals surface area contributed by atoms with E-state index >= 15 is 0 Å². The highest BCUT2D eigenvalue weighted by Gasteiger charge is 2.33. The van der Waals surface area contributed by atoms with Crippen molar-refractivity contribution < 1.29 is 21.6 Å². The Kier molecular flexibility index (Phi) is 5.00. The van der Waals surface area contributed by atoms with Crippen molar-refractivity contribution in [1.82, 2.24) is 19.7 Å². The molecule has 12 heteroatoms. The second-order valence-corrected chi connectivity index (χ2v) is 8.68. The standard InChI is InChI=1S/C16H15ClF3N5O2S/c1-4-28(26,27)11-5-6-13(24(2)3)22-15(11)25-14(17)9-8-21-12(16(18,19)20)7-10(9)23-25/h5-8H,4H2,1-3H3. The summed E-state index contributed by atoms with van der Waals surface area (Å²) < 4.78 is 64.8. The minimum atomic E-state index is -4.65. The molecule has 3 aromatic heterocycles. The molecule has 150 valence electrons. The number of alkyl halides is 3. The van der Waals surface area contributed by atoms with Crippen LogP contribution in [0.2, 0.25) is 5.15 Å². The van der Waals surface area contributed by atoms with Gasteiger partial charge in [0.2, 0.25) is 0 Å². The van der Waals surface area contributed by atoms with Gasteiger partial charge in [0.05, 0.1) is 16.7 Å². The SMILES string of the molecule is CCS(=O)(=O)c1ccc(N(C)C)nc1-n1nc2cc(C(F)(F)F)ncc2c1Cl. The molecular formula is C16H15ClF3N5O2S. The Morgan fingerprint density at radius 1 is 1.25 bits per heavy atom. The highest BCUT2D eigenvalue weighted by molar-refractivity contribution is 7.91. The second-order valence-electron chi connectivity index (χ2n) is 6.08. The van der Waals surface area contributed by atoms with Crippen LogP contribution in [0.15, 0.2) is 29.3 Å². The van der Waals surface area contributed by atoms with Gasteiger partial charge in [0.1, 0.15) is 21.6 Å². The molecule has 0 amide bonds. The van der Waals surface area contributed by atoms with Crippen molar-refractivity contribution >= 4 is 38.2 Å². The first-order valence-corrected chi connectivity index (χ1v) is 10.0. The van der Waals surface area contributed by atoms with Crippen molar-refractivity contribution in [1.29, 1.82) is 0 Å². The number of hydrogen-bond donors (Lipinski definition) is 0. The minimum absolute atomic E-state index is 0.0794. The molecule has 0 saturated carbocycles. The summed E-state index contributed by atoms with van der Waals surface area (Å²) in [6.45, 7) is 1.47. The molecule has 0 unspecified atom stereocenters. The van der Waals surface area contributed by atoms with Crippen LogP contribution in [0.5, 0.6) is 0 Å². The molecule has 0 aliphatic carbocycles. The number of halogens is 4. The van der Waals surface area contributed by atoms with Gasteiger partial charge >= 0.3 is 6.18 Å². The lowest BCUT2D eigenvalue weighted by Gasteiger charge is -2.15. The van der Waals surface area contributed by atoms with Crippen LogP contribution in [0.3, 0.4) is 0 Å². The molecule has 0 aliphatic rings. The molecule has 0 bridgehead atoms. The average Bonchev–Trinajstić information content (AvgIpc) is 2.96. The maximum absolute atomic E-state index is 12.9. The van der Waals surface area contributed by atoms with Gasteiger partial charge in [-0.1, -0.05) is 18.5 Å². The Morgan fingerprint density at radius 3 is 2.50 bits per heavy atom. The summed E-state index contributed by atoms with van der Waals surface area (Å²) in [5.41, 5.74) is -1.21. The zero-order chi connectivity index (χ0) is 20.9. The van der Waals surface area contributed by atoms with Crippen molar-refractivity contribution in [2.75, 3.05) is 24.7 Å². The fourth-order valence-corrected chi connectivity index (χ4v) is 3.73. The normalized spacial score (nSPS) is 12.5. The molecule has 0 fully saturated rings. The number of fused-ring (bicyclic) bond motifs is 1. The van der Waals surface area contributed by atoms with E-state index < -0.39 is 21.7 Å². The van der Waals surface area contributed by atoms with Gasteiger partial charge in [-0.3, -0.25) is 4.98 Å². The largest absolute Gasteiger partial charge is 0.433 e. The Hall–Kier alpha value is -2.40. The van der Waals surface area contributed by atoms with Crippen molar-refractivity contribution in [3.63, 3.8) is 0 Å². The molecule has 3 rings (SSSR count). The molecule has 0 saturated heterocycles. The van der Waals surface area contributed by atoms with Gasteiger partial charge in [0, 0.05) is 20.3 Å². The third-order valence-corrected chi connectivity index (χ3v) is 6.10. The first-order valence-electron chi connectivity index (χ1n) is 7.98. The van der Waals surface area contributed by atoms with Crippen LogP contribution in [0, 0.1) is 0 Å². The minimum Gasteiger partial charge on any atom is -0.363 e. The van der Waals surface area contributed by atoms with Crippen LogP contribution in [0.1, 0.15) is 12.6 Å². The smallest absolute Gasteiger partial charge is 0.363 e. The molecular weight excluding hydrogens is 419 g/mol. The first-order chi connectivity index (χ1) is 13.0. The first kappa shape index (κ1) is 20.3. The van der Waals surface area contributed by atoms with Crippen LogP contribution >= 0.6 is 11.6 Å². The van der Waals surface area contributed by atoms with E-state index in [0.29, 0.717) is 5.82 Å². The van der Waals surface area contributed by atoms with E-state index in [0.717, 1.165) is 16.9 Å². The van der Waals surface area contributed by atoms with Crippen molar-refractivity contribution in [2.24, 2.45) is 0 Å². The fourth-order valence-electron chi connectivity index (χ4n) is 2.47. The van der Waals surface area contributed by atoms with E-state index in [9.17, 15) is 21.6 Å². The molecule has 0 atom stereocenters. The lowest BCUT2D eigenvalue weighted by atomic mass is 10.3. The lowest BCUT2D eigenvalue weighted by molar-refractivity contribution is -0.141. The van der Waals surface area contributed by atoms with E-state index in [2.05, 4.69) is 15.1 Å². The summed E-state index contributed by atoms with van der Waals surface area (Å²) in [6.07, 6.45) is -3.70. The molecule has 0 aliphatic heterocycles. The van der Waals surface area contributed by atoms with Gasteiger partial charge in [0.25, 0.3) is 0 Å². The summed E-state index contributed by atoms with van der Waals surface area (Å²) in [4.78, 5) is 9.19. The van der Waals surface area contributed by atoms with Crippen LogP contribution in [-0.4, -0.2) is 48.0 Å². The van der Waals surface area contributed by atoms with Gasteiger partial charge < -0.3 is 4.90 Å². The molecule has 0 aromatic carbocycles. The maximum atomic E-state index is 12.9. The average molecular weight is 434 g/mol.